The Morgan fingerprint density at radius 3 is 2.17 bits per heavy atom. The second-order valence-electron chi connectivity index (χ2n) is 8.72. The molecule has 30 heavy (non-hydrogen) atoms. The van der Waals surface area contributed by atoms with Gasteiger partial charge in [-0.15, -0.1) is 0 Å². The summed E-state index contributed by atoms with van der Waals surface area (Å²) in [6.07, 6.45) is 1.95. The minimum Gasteiger partial charge on any atom is -0.508 e. The molecule has 0 aliphatic carbocycles. The number of hydrogen-bond acceptors (Lipinski definition) is 3. The van der Waals surface area contributed by atoms with Gasteiger partial charge in [-0.05, 0) is 70.7 Å². The Bertz CT molecular complexity index is 793. The Balaban J connectivity index is 2.38. The topological polar surface area (TPSA) is 60.8 Å². The quantitative estimate of drug-likeness (QED) is 0.499. The second-order valence-corrected chi connectivity index (χ2v) is 8.72. The van der Waals surface area contributed by atoms with Crippen LogP contribution in [-0.2, 0) is 11.2 Å². The number of aromatic hydroxyl groups is 1. The largest absolute Gasteiger partial charge is 0.508 e. The highest BCUT2D eigenvalue weighted by atomic mass is 16.4. The number of rotatable bonds is 11. The summed E-state index contributed by atoms with van der Waals surface area (Å²) in [6.45, 7) is 11.7. The number of carbonyl (C=O) groups is 1. The zero-order valence-corrected chi connectivity index (χ0v) is 19.0. The summed E-state index contributed by atoms with van der Waals surface area (Å²) in [5.41, 5.74) is 3.01. The van der Waals surface area contributed by atoms with Crippen molar-refractivity contribution in [2.75, 3.05) is 6.54 Å². The van der Waals surface area contributed by atoms with Crippen molar-refractivity contribution in [1.29, 1.82) is 0 Å². The van der Waals surface area contributed by atoms with Crippen LogP contribution in [0.3, 0.4) is 0 Å². The van der Waals surface area contributed by atoms with Crippen LogP contribution >= 0.6 is 0 Å². The molecule has 0 saturated carbocycles. The first-order valence-electron chi connectivity index (χ1n) is 11.1. The normalized spacial score (nSPS) is 13.7. The fourth-order valence-corrected chi connectivity index (χ4v) is 4.28. The minimum absolute atomic E-state index is 0.0519. The molecule has 4 heteroatoms. The molecule has 2 N–H and O–H groups in total. The van der Waals surface area contributed by atoms with E-state index in [9.17, 15) is 15.0 Å². The molecule has 0 spiro atoms. The summed E-state index contributed by atoms with van der Waals surface area (Å²) >= 11 is 0. The van der Waals surface area contributed by atoms with E-state index in [0.717, 1.165) is 24.1 Å². The fourth-order valence-electron chi connectivity index (χ4n) is 4.28. The van der Waals surface area contributed by atoms with E-state index in [0.29, 0.717) is 24.9 Å². The lowest BCUT2D eigenvalue weighted by molar-refractivity contribution is -0.141. The monoisotopic (exact) mass is 411 g/mol. The van der Waals surface area contributed by atoms with E-state index in [-0.39, 0.29) is 11.7 Å². The molecule has 2 unspecified atom stereocenters. The molecular formula is C26H37NO3. The highest BCUT2D eigenvalue weighted by Gasteiger charge is 2.23. The predicted molar refractivity (Wildman–Crippen MR) is 123 cm³/mol. The minimum atomic E-state index is -0.767. The molecule has 0 radical (unpaired) electrons. The number of phenols is 1. The average molecular weight is 412 g/mol. The molecule has 0 heterocycles. The molecule has 2 rings (SSSR count). The number of carboxylic acids is 1. The van der Waals surface area contributed by atoms with Crippen LogP contribution in [0.15, 0.2) is 48.5 Å². The molecule has 0 amide bonds. The standard InChI is InChI=1S/C26H37NO3/c1-6-21(26(29)30)16-20-12-13-25(28)24(17-20)23(22-10-8-7-9-11-22)14-15-27(18(2)3)19(4)5/h7-13,17-19,21,23,28H,6,14-16H2,1-5H3,(H,29,30). The first-order valence-corrected chi connectivity index (χ1v) is 11.1. The van der Waals surface area contributed by atoms with Crippen molar-refractivity contribution in [3.63, 3.8) is 0 Å². The van der Waals surface area contributed by atoms with Crippen LogP contribution < -0.4 is 0 Å². The molecule has 2 aromatic carbocycles. The fraction of sp³-hybridized carbons (Fsp3) is 0.500. The summed E-state index contributed by atoms with van der Waals surface area (Å²) in [5.74, 6) is -0.848. The maximum atomic E-state index is 11.5. The first kappa shape index (κ1) is 23.9. The van der Waals surface area contributed by atoms with E-state index in [1.165, 1.54) is 5.56 Å². The van der Waals surface area contributed by atoms with Crippen molar-refractivity contribution in [2.45, 2.75) is 71.9 Å². The van der Waals surface area contributed by atoms with Crippen molar-refractivity contribution in [3.8, 4) is 5.75 Å². The van der Waals surface area contributed by atoms with Crippen molar-refractivity contribution in [2.24, 2.45) is 5.92 Å². The Morgan fingerprint density at radius 2 is 1.63 bits per heavy atom. The lowest BCUT2D eigenvalue weighted by Gasteiger charge is -2.32. The van der Waals surface area contributed by atoms with E-state index >= 15 is 0 Å². The van der Waals surface area contributed by atoms with Crippen LogP contribution in [0.25, 0.3) is 0 Å². The lowest BCUT2D eigenvalue weighted by Crippen LogP contribution is -2.38. The van der Waals surface area contributed by atoms with Crippen LogP contribution in [0.4, 0.5) is 0 Å². The van der Waals surface area contributed by atoms with Gasteiger partial charge in [0.25, 0.3) is 0 Å². The van der Waals surface area contributed by atoms with E-state index in [1.807, 2.05) is 37.3 Å². The van der Waals surface area contributed by atoms with Gasteiger partial charge in [-0.2, -0.15) is 0 Å². The summed E-state index contributed by atoms with van der Waals surface area (Å²) < 4.78 is 0. The number of carboxylic acid groups (broad SMARTS) is 1. The van der Waals surface area contributed by atoms with Crippen molar-refractivity contribution < 1.29 is 15.0 Å². The van der Waals surface area contributed by atoms with Gasteiger partial charge < -0.3 is 10.2 Å². The Labute approximate surface area is 181 Å². The highest BCUT2D eigenvalue weighted by Crippen LogP contribution is 2.35. The molecule has 0 fully saturated rings. The van der Waals surface area contributed by atoms with E-state index in [2.05, 4.69) is 44.7 Å². The summed E-state index contributed by atoms with van der Waals surface area (Å²) in [6, 6.07) is 16.8. The maximum Gasteiger partial charge on any atom is 0.306 e. The molecule has 0 aliphatic rings. The summed E-state index contributed by atoms with van der Waals surface area (Å²) in [4.78, 5) is 14.0. The first-order chi connectivity index (χ1) is 14.2. The number of phenolic OH excluding ortho intramolecular Hbond substituents is 1. The molecule has 0 aromatic heterocycles. The summed E-state index contributed by atoms with van der Waals surface area (Å²) in [5, 5.41) is 20.2. The van der Waals surface area contributed by atoms with Crippen LogP contribution in [-0.4, -0.2) is 39.7 Å². The van der Waals surface area contributed by atoms with Gasteiger partial charge in [-0.3, -0.25) is 9.69 Å². The molecule has 0 aliphatic heterocycles. The molecular weight excluding hydrogens is 374 g/mol. The zero-order chi connectivity index (χ0) is 22.3. The van der Waals surface area contributed by atoms with E-state index in [4.69, 9.17) is 0 Å². The van der Waals surface area contributed by atoms with Gasteiger partial charge in [0.15, 0.2) is 0 Å². The second kappa shape index (κ2) is 11.2. The van der Waals surface area contributed by atoms with Crippen LogP contribution in [0.2, 0.25) is 0 Å². The predicted octanol–water partition coefficient (Wildman–Crippen LogP) is 5.69. The Morgan fingerprint density at radius 1 is 1.00 bits per heavy atom. The van der Waals surface area contributed by atoms with Crippen LogP contribution in [0.1, 0.15) is 70.1 Å². The Kier molecular flexibility index (Phi) is 8.91. The summed E-state index contributed by atoms with van der Waals surface area (Å²) in [7, 11) is 0. The number of aliphatic carboxylic acids is 1. The van der Waals surface area contributed by atoms with Crippen molar-refractivity contribution in [1.82, 2.24) is 4.90 Å². The third kappa shape index (κ3) is 6.33. The molecule has 0 bridgehead atoms. The van der Waals surface area contributed by atoms with Crippen molar-refractivity contribution >= 4 is 5.97 Å². The van der Waals surface area contributed by atoms with Crippen molar-refractivity contribution in [3.05, 3.63) is 65.2 Å². The maximum absolute atomic E-state index is 11.5. The van der Waals surface area contributed by atoms with Gasteiger partial charge in [0.1, 0.15) is 5.75 Å². The number of nitrogens with zero attached hydrogens (tertiary/aromatic N) is 1. The third-order valence-corrected chi connectivity index (χ3v) is 6.00. The highest BCUT2D eigenvalue weighted by molar-refractivity contribution is 5.70. The zero-order valence-electron chi connectivity index (χ0n) is 19.0. The van der Waals surface area contributed by atoms with Gasteiger partial charge in [0.05, 0.1) is 5.92 Å². The van der Waals surface area contributed by atoms with Gasteiger partial charge in [0.2, 0.25) is 0 Å². The van der Waals surface area contributed by atoms with E-state index in [1.54, 1.807) is 6.07 Å². The smallest absolute Gasteiger partial charge is 0.306 e. The van der Waals surface area contributed by atoms with Gasteiger partial charge in [0, 0.05) is 23.6 Å². The van der Waals surface area contributed by atoms with Gasteiger partial charge in [-0.1, -0.05) is 49.4 Å². The molecule has 2 atom stereocenters. The van der Waals surface area contributed by atoms with Gasteiger partial charge >= 0.3 is 5.97 Å². The van der Waals surface area contributed by atoms with Gasteiger partial charge in [-0.25, -0.2) is 0 Å². The van der Waals surface area contributed by atoms with E-state index < -0.39 is 11.9 Å². The molecule has 4 nitrogen and oxygen atoms in total. The lowest BCUT2D eigenvalue weighted by atomic mass is 9.85. The average Bonchev–Trinajstić information content (AvgIpc) is 2.70. The SMILES string of the molecule is CCC(Cc1ccc(O)c(C(CCN(C(C)C)C(C)C)c2ccccc2)c1)C(=O)O. The van der Waals surface area contributed by atoms with Crippen LogP contribution in [0, 0.1) is 5.92 Å². The molecule has 2 aromatic rings. The molecule has 164 valence electrons. The third-order valence-electron chi connectivity index (χ3n) is 6.00. The Hall–Kier alpha value is -2.33. The number of benzene rings is 2. The molecule has 0 saturated heterocycles. The number of hydrogen-bond donors (Lipinski definition) is 2. The van der Waals surface area contributed by atoms with Crippen LogP contribution in [0.5, 0.6) is 5.75 Å².